The van der Waals surface area contributed by atoms with Crippen LogP contribution in [0.2, 0.25) is 0 Å². The highest BCUT2D eigenvalue weighted by atomic mass is 16.8. The molecule has 1 aromatic rings. The van der Waals surface area contributed by atoms with E-state index < -0.39 is 103 Å². The molecule has 1 aromatic carbocycles. The van der Waals surface area contributed by atoms with Gasteiger partial charge in [0.05, 0.1) is 44.9 Å². The molecule has 19 nitrogen and oxygen atoms in total. The minimum Gasteiger partial charge on any atom is -0.462 e. The molecule has 3 aliphatic rings. The summed E-state index contributed by atoms with van der Waals surface area (Å²) in [5.41, 5.74) is 9.46. The predicted octanol–water partition coefficient (Wildman–Crippen LogP) is 2.47. The summed E-state index contributed by atoms with van der Waals surface area (Å²) >= 11 is 0. The first-order chi connectivity index (χ1) is 27.4. The lowest BCUT2D eigenvalue weighted by atomic mass is 9.89. The fraction of sp³-hybridized carbons (Fsp3) is 0.737. The van der Waals surface area contributed by atoms with Crippen molar-refractivity contribution in [2.75, 3.05) is 26.4 Å². The van der Waals surface area contributed by atoms with Crippen LogP contribution in [-0.4, -0.2) is 128 Å². The zero-order valence-electron chi connectivity index (χ0n) is 33.1. The second-order valence-electron chi connectivity index (χ2n) is 14.1. The highest BCUT2D eigenvalue weighted by Crippen LogP contribution is 2.35. The van der Waals surface area contributed by atoms with Gasteiger partial charge >= 0.3 is 11.9 Å². The monoisotopic (exact) mass is 807 g/mol. The molecule has 13 atom stereocenters. The molecular weight excluding hydrogens is 750 g/mol. The number of nitrogens with zero attached hydrogens (tertiary/aromatic N) is 3. The van der Waals surface area contributed by atoms with Crippen LogP contribution in [0.25, 0.3) is 10.4 Å². The molecule has 4 N–H and O–H groups in total. The summed E-state index contributed by atoms with van der Waals surface area (Å²) in [6.07, 6.45) is -9.14. The van der Waals surface area contributed by atoms with E-state index in [9.17, 15) is 29.4 Å². The molecule has 3 aliphatic heterocycles. The first kappa shape index (κ1) is 45.8. The zero-order chi connectivity index (χ0) is 41.5. The smallest absolute Gasteiger partial charge is 0.305 e. The van der Waals surface area contributed by atoms with E-state index in [0.29, 0.717) is 12.8 Å². The molecule has 0 bridgehead atoms. The van der Waals surface area contributed by atoms with Crippen molar-refractivity contribution in [2.45, 2.75) is 147 Å². The minimum atomic E-state index is -1.35. The van der Waals surface area contributed by atoms with E-state index in [1.807, 2.05) is 30.3 Å². The molecule has 3 fully saturated rings. The molecule has 0 aromatic heterocycles. The standard InChI is InChI=1S/C38H57N5O14/c1-6-23(53-29(46)8-3)17-27(44)41-31-33(48)21(5)25(55-37(31)50-16-15-40-43-39)19-52-38-32(42-28(45)18-24(7-2)54-30(47)9-4)34(49)35-26(56-38)20-51-36(57-35)22-13-11-10-12-14-22/h10-14,21,23-26,31-38,48-49H,6-9,15-20H2,1-5H3,(H,41,44)(H,42,45)/t21-,23-,24-,25?,26?,31?,32?,33+,34-,35-,36?,37-,38-/m1/s1. The summed E-state index contributed by atoms with van der Waals surface area (Å²) in [7, 11) is 0. The van der Waals surface area contributed by atoms with Gasteiger partial charge in [-0.3, -0.25) is 19.2 Å². The third-order valence-corrected chi connectivity index (χ3v) is 10.1. The molecule has 0 spiro atoms. The number of hydrogen-bond acceptors (Lipinski definition) is 15. The average molecular weight is 808 g/mol. The van der Waals surface area contributed by atoms with Crippen LogP contribution < -0.4 is 10.6 Å². The molecular formula is C38H57N5O14. The Bertz CT molecular complexity index is 1500. The Morgan fingerprint density at radius 1 is 0.860 bits per heavy atom. The number of azide groups is 1. The fourth-order valence-corrected chi connectivity index (χ4v) is 6.67. The van der Waals surface area contributed by atoms with Gasteiger partial charge in [0.1, 0.15) is 42.6 Å². The van der Waals surface area contributed by atoms with Gasteiger partial charge in [0.15, 0.2) is 18.9 Å². The fourth-order valence-electron chi connectivity index (χ4n) is 6.67. The maximum atomic E-state index is 13.4. The summed E-state index contributed by atoms with van der Waals surface area (Å²) in [6.45, 7) is 8.18. The number of benzene rings is 1. The maximum Gasteiger partial charge on any atom is 0.305 e. The van der Waals surface area contributed by atoms with Crippen molar-refractivity contribution in [3.63, 3.8) is 0 Å². The Balaban J connectivity index is 1.50. The molecule has 4 rings (SSSR count). The zero-order valence-corrected chi connectivity index (χ0v) is 33.1. The number of aliphatic hydroxyl groups excluding tert-OH is 2. The Labute approximate surface area is 331 Å². The summed E-state index contributed by atoms with van der Waals surface area (Å²) in [6, 6.07) is 6.91. The molecule has 19 heteroatoms. The molecule has 0 radical (unpaired) electrons. The third kappa shape index (κ3) is 13.0. The molecule has 5 unspecified atom stereocenters. The van der Waals surface area contributed by atoms with Gasteiger partial charge in [0.25, 0.3) is 0 Å². The van der Waals surface area contributed by atoms with Crippen molar-refractivity contribution >= 4 is 23.8 Å². The van der Waals surface area contributed by atoms with Crippen molar-refractivity contribution in [1.29, 1.82) is 0 Å². The van der Waals surface area contributed by atoms with Crippen LogP contribution in [0, 0.1) is 5.92 Å². The Hall–Kier alpha value is -3.91. The second-order valence-corrected chi connectivity index (χ2v) is 14.1. The maximum absolute atomic E-state index is 13.4. The van der Waals surface area contributed by atoms with Gasteiger partial charge in [-0.1, -0.05) is 70.1 Å². The Kier molecular flexibility index (Phi) is 18.4. The van der Waals surface area contributed by atoms with Crippen LogP contribution in [-0.2, 0) is 57.1 Å². The number of fused-ring (bicyclic) bond motifs is 1. The van der Waals surface area contributed by atoms with E-state index in [0.717, 1.165) is 5.56 Å². The Morgan fingerprint density at radius 3 is 2.00 bits per heavy atom. The second kappa shape index (κ2) is 22.9. The van der Waals surface area contributed by atoms with Crippen molar-refractivity contribution < 1.29 is 67.3 Å². The van der Waals surface area contributed by atoms with E-state index in [1.165, 1.54) is 0 Å². The van der Waals surface area contributed by atoms with Gasteiger partial charge in [-0.25, -0.2) is 0 Å². The van der Waals surface area contributed by atoms with Gasteiger partial charge < -0.3 is 58.7 Å². The van der Waals surface area contributed by atoms with Crippen LogP contribution in [0.4, 0.5) is 0 Å². The highest BCUT2D eigenvalue weighted by molar-refractivity contribution is 5.78. The predicted molar refractivity (Wildman–Crippen MR) is 198 cm³/mol. The largest absolute Gasteiger partial charge is 0.462 e. The number of hydrogen-bond donors (Lipinski definition) is 4. The summed E-state index contributed by atoms with van der Waals surface area (Å²) in [5.74, 6) is -2.61. The van der Waals surface area contributed by atoms with Crippen LogP contribution in [0.1, 0.15) is 85.0 Å². The van der Waals surface area contributed by atoms with Gasteiger partial charge in [-0.2, -0.15) is 0 Å². The summed E-state index contributed by atoms with van der Waals surface area (Å²) < 4.78 is 47.5. The van der Waals surface area contributed by atoms with Gasteiger partial charge in [0.2, 0.25) is 11.8 Å². The topological polar surface area (TPSA) is 255 Å². The van der Waals surface area contributed by atoms with Crippen molar-refractivity contribution in [1.82, 2.24) is 10.6 Å². The number of nitrogens with one attached hydrogen (secondary N) is 2. The molecule has 3 saturated heterocycles. The van der Waals surface area contributed by atoms with Gasteiger partial charge in [-0.15, -0.1) is 0 Å². The normalized spacial score (nSPS) is 30.8. The van der Waals surface area contributed by atoms with Gasteiger partial charge in [0, 0.05) is 35.8 Å². The third-order valence-electron chi connectivity index (χ3n) is 10.1. The molecule has 318 valence electrons. The molecule has 2 amide bonds. The number of aliphatic hydroxyl groups is 2. The van der Waals surface area contributed by atoms with E-state index in [4.69, 9.17) is 43.4 Å². The van der Waals surface area contributed by atoms with Crippen molar-refractivity contribution in [2.24, 2.45) is 11.0 Å². The minimum absolute atomic E-state index is 0.0285. The van der Waals surface area contributed by atoms with E-state index in [1.54, 1.807) is 34.6 Å². The first-order valence-electron chi connectivity index (χ1n) is 19.6. The van der Waals surface area contributed by atoms with Gasteiger partial charge in [-0.05, 0) is 18.4 Å². The number of amides is 2. The molecule has 57 heavy (non-hydrogen) atoms. The number of esters is 2. The number of carbonyl (C=O) groups excluding carboxylic acids is 4. The van der Waals surface area contributed by atoms with Crippen LogP contribution >= 0.6 is 0 Å². The quantitative estimate of drug-likeness (QED) is 0.0486. The SMILES string of the molecule is CCC(=O)O[C@H](CC)CC(=O)NC1[C@H](OCCN=[N+]=[N-])OC(CO[C@@H]2OC3COC(c4ccccc4)O[C@H]3[C@H](O)C2NC(=O)C[C@@H](CC)OC(=O)CC)[C@@H](C)[C@@H]1O. The molecule has 3 heterocycles. The van der Waals surface area contributed by atoms with Crippen LogP contribution in [0.3, 0.4) is 0 Å². The Morgan fingerprint density at radius 2 is 1.44 bits per heavy atom. The molecule has 0 aliphatic carbocycles. The lowest BCUT2D eigenvalue weighted by molar-refractivity contribution is -0.349. The highest BCUT2D eigenvalue weighted by Gasteiger charge is 2.51. The van der Waals surface area contributed by atoms with Crippen LogP contribution in [0.15, 0.2) is 35.4 Å². The number of ether oxygens (including phenoxy) is 8. The summed E-state index contributed by atoms with van der Waals surface area (Å²) in [4.78, 5) is 53.1. The average Bonchev–Trinajstić information content (AvgIpc) is 3.22. The van der Waals surface area contributed by atoms with E-state index >= 15 is 0 Å². The van der Waals surface area contributed by atoms with E-state index in [-0.39, 0.29) is 52.0 Å². The number of rotatable bonds is 20. The molecule has 0 saturated carbocycles. The van der Waals surface area contributed by atoms with E-state index in [2.05, 4.69) is 20.7 Å². The van der Waals surface area contributed by atoms with Crippen molar-refractivity contribution in [3.8, 4) is 0 Å². The summed E-state index contributed by atoms with van der Waals surface area (Å²) in [5, 5.41) is 32.3. The van der Waals surface area contributed by atoms with Crippen LogP contribution in [0.5, 0.6) is 0 Å². The first-order valence-corrected chi connectivity index (χ1v) is 19.6. The number of carbonyl (C=O) groups is 4. The lowest BCUT2D eigenvalue weighted by Crippen LogP contribution is -2.67. The van der Waals surface area contributed by atoms with Crippen molar-refractivity contribution in [3.05, 3.63) is 46.3 Å². The lowest BCUT2D eigenvalue weighted by Gasteiger charge is -2.48.